The van der Waals surface area contributed by atoms with Crippen LogP contribution in [0.2, 0.25) is 0 Å². The van der Waals surface area contributed by atoms with Crippen LogP contribution in [0.5, 0.6) is 0 Å². The van der Waals surface area contributed by atoms with Crippen LogP contribution >= 0.6 is 0 Å². The van der Waals surface area contributed by atoms with Crippen molar-refractivity contribution < 1.29 is 9.52 Å². The standard InChI is InChI=1S/C18H25NO2/c1-14-10-11-16(21-14)12-19(4)13-18(2,3)17(20)15-8-6-5-7-9-15/h5-11,17,20H,12-13H2,1-4H3. The van der Waals surface area contributed by atoms with Gasteiger partial charge < -0.3 is 9.52 Å². The van der Waals surface area contributed by atoms with E-state index in [0.717, 1.165) is 30.2 Å². The van der Waals surface area contributed by atoms with E-state index in [2.05, 4.69) is 25.8 Å². The quantitative estimate of drug-likeness (QED) is 0.878. The zero-order valence-corrected chi connectivity index (χ0v) is 13.3. The SMILES string of the molecule is Cc1ccc(CN(C)CC(C)(C)C(O)c2ccccc2)o1. The zero-order valence-electron chi connectivity index (χ0n) is 13.3. The number of rotatable bonds is 6. The van der Waals surface area contributed by atoms with E-state index in [1.54, 1.807) is 0 Å². The summed E-state index contributed by atoms with van der Waals surface area (Å²) in [6.45, 7) is 7.66. The molecule has 0 saturated carbocycles. The Morgan fingerprint density at radius 2 is 1.81 bits per heavy atom. The van der Waals surface area contributed by atoms with Crippen molar-refractivity contribution in [2.45, 2.75) is 33.4 Å². The monoisotopic (exact) mass is 287 g/mol. The molecular formula is C18H25NO2. The summed E-state index contributed by atoms with van der Waals surface area (Å²) in [7, 11) is 2.05. The predicted molar refractivity (Wildman–Crippen MR) is 85.0 cm³/mol. The fourth-order valence-corrected chi connectivity index (χ4v) is 2.76. The van der Waals surface area contributed by atoms with E-state index in [1.165, 1.54) is 0 Å². The number of hydrogen-bond acceptors (Lipinski definition) is 3. The fourth-order valence-electron chi connectivity index (χ4n) is 2.76. The van der Waals surface area contributed by atoms with Gasteiger partial charge in [-0.15, -0.1) is 0 Å². The Hall–Kier alpha value is -1.58. The van der Waals surface area contributed by atoms with Crippen molar-refractivity contribution in [1.29, 1.82) is 0 Å². The van der Waals surface area contributed by atoms with Crippen LogP contribution in [0.15, 0.2) is 46.9 Å². The lowest BCUT2D eigenvalue weighted by atomic mass is 9.82. The van der Waals surface area contributed by atoms with Gasteiger partial charge in [0.15, 0.2) is 0 Å². The van der Waals surface area contributed by atoms with Crippen LogP contribution in [-0.2, 0) is 6.54 Å². The Morgan fingerprint density at radius 3 is 2.38 bits per heavy atom. The molecule has 0 aliphatic rings. The molecule has 3 nitrogen and oxygen atoms in total. The van der Waals surface area contributed by atoms with Crippen LogP contribution in [-0.4, -0.2) is 23.6 Å². The number of aliphatic hydroxyl groups excluding tert-OH is 1. The van der Waals surface area contributed by atoms with Crippen molar-refractivity contribution in [1.82, 2.24) is 4.90 Å². The molecule has 1 aromatic carbocycles. The lowest BCUT2D eigenvalue weighted by molar-refractivity contribution is 0.0231. The number of aliphatic hydroxyl groups is 1. The van der Waals surface area contributed by atoms with Gasteiger partial charge in [-0.05, 0) is 31.7 Å². The van der Waals surface area contributed by atoms with Crippen molar-refractivity contribution in [3.63, 3.8) is 0 Å². The maximum Gasteiger partial charge on any atom is 0.118 e. The number of aryl methyl sites for hydroxylation is 1. The summed E-state index contributed by atoms with van der Waals surface area (Å²) in [4.78, 5) is 2.18. The summed E-state index contributed by atoms with van der Waals surface area (Å²) in [5.74, 6) is 1.89. The van der Waals surface area contributed by atoms with Crippen molar-refractivity contribution in [3.05, 3.63) is 59.5 Å². The van der Waals surface area contributed by atoms with Crippen LogP contribution in [0.25, 0.3) is 0 Å². The largest absolute Gasteiger partial charge is 0.465 e. The average Bonchev–Trinajstić information content (AvgIpc) is 2.83. The molecule has 0 aliphatic carbocycles. The number of furan rings is 1. The highest BCUT2D eigenvalue weighted by Gasteiger charge is 2.30. The van der Waals surface area contributed by atoms with Gasteiger partial charge in [-0.25, -0.2) is 0 Å². The lowest BCUT2D eigenvalue weighted by Gasteiger charge is -2.34. The minimum atomic E-state index is -0.487. The Balaban J connectivity index is 1.99. The highest BCUT2D eigenvalue weighted by Crippen LogP contribution is 2.34. The van der Waals surface area contributed by atoms with E-state index >= 15 is 0 Å². The highest BCUT2D eigenvalue weighted by molar-refractivity contribution is 5.19. The summed E-state index contributed by atoms with van der Waals surface area (Å²) in [5.41, 5.74) is 0.724. The Bertz CT molecular complexity index is 560. The van der Waals surface area contributed by atoms with E-state index in [4.69, 9.17) is 4.42 Å². The topological polar surface area (TPSA) is 36.6 Å². The van der Waals surface area contributed by atoms with Crippen LogP contribution < -0.4 is 0 Å². The fraction of sp³-hybridized carbons (Fsp3) is 0.444. The van der Waals surface area contributed by atoms with Crippen molar-refractivity contribution in [2.24, 2.45) is 5.41 Å². The maximum absolute atomic E-state index is 10.6. The van der Waals surface area contributed by atoms with Crippen LogP contribution in [0, 0.1) is 12.3 Å². The van der Waals surface area contributed by atoms with Crippen molar-refractivity contribution >= 4 is 0 Å². The third kappa shape index (κ3) is 4.19. The first-order valence-corrected chi connectivity index (χ1v) is 7.35. The molecule has 3 heteroatoms. The van der Waals surface area contributed by atoms with E-state index in [-0.39, 0.29) is 5.41 Å². The summed E-state index contributed by atoms with van der Waals surface area (Å²) in [5, 5.41) is 10.6. The molecule has 1 unspecified atom stereocenters. The first kappa shape index (κ1) is 15.8. The van der Waals surface area contributed by atoms with E-state index in [1.807, 2.05) is 49.4 Å². The van der Waals surface area contributed by atoms with Crippen LogP contribution in [0.1, 0.15) is 37.0 Å². The molecule has 1 aromatic heterocycles. The second-order valence-corrected chi connectivity index (χ2v) is 6.49. The molecule has 114 valence electrons. The van der Waals surface area contributed by atoms with Crippen LogP contribution in [0.3, 0.4) is 0 Å². The van der Waals surface area contributed by atoms with Gasteiger partial charge in [0, 0.05) is 12.0 Å². The molecule has 0 radical (unpaired) electrons. The average molecular weight is 287 g/mol. The third-order valence-corrected chi connectivity index (χ3v) is 3.75. The van der Waals surface area contributed by atoms with Gasteiger partial charge in [0.1, 0.15) is 11.5 Å². The molecule has 0 spiro atoms. The minimum Gasteiger partial charge on any atom is -0.465 e. The summed E-state index contributed by atoms with van der Waals surface area (Å²) in [6.07, 6.45) is -0.487. The molecule has 0 aliphatic heterocycles. The smallest absolute Gasteiger partial charge is 0.118 e. The highest BCUT2D eigenvalue weighted by atomic mass is 16.3. The maximum atomic E-state index is 10.6. The summed E-state index contributed by atoms with van der Waals surface area (Å²) >= 11 is 0. The number of hydrogen-bond donors (Lipinski definition) is 1. The second-order valence-electron chi connectivity index (χ2n) is 6.49. The second kappa shape index (κ2) is 6.46. The van der Waals surface area contributed by atoms with Crippen LogP contribution in [0.4, 0.5) is 0 Å². The Kier molecular flexibility index (Phi) is 4.86. The molecular weight excluding hydrogens is 262 g/mol. The summed E-state index contributed by atoms with van der Waals surface area (Å²) < 4.78 is 5.61. The lowest BCUT2D eigenvalue weighted by Crippen LogP contribution is -2.35. The van der Waals surface area contributed by atoms with Gasteiger partial charge in [-0.1, -0.05) is 44.2 Å². The van der Waals surface area contributed by atoms with Gasteiger partial charge in [0.05, 0.1) is 12.6 Å². The van der Waals surface area contributed by atoms with Gasteiger partial charge >= 0.3 is 0 Å². The predicted octanol–water partition coefficient (Wildman–Crippen LogP) is 3.78. The molecule has 0 saturated heterocycles. The first-order valence-electron chi connectivity index (χ1n) is 7.35. The number of benzene rings is 1. The van der Waals surface area contributed by atoms with Crippen molar-refractivity contribution in [3.8, 4) is 0 Å². The van der Waals surface area contributed by atoms with Gasteiger partial charge in [0.25, 0.3) is 0 Å². The first-order chi connectivity index (χ1) is 9.88. The zero-order chi connectivity index (χ0) is 15.5. The Labute approximate surface area is 127 Å². The minimum absolute atomic E-state index is 0.238. The van der Waals surface area contributed by atoms with Crippen molar-refractivity contribution in [2.75, 3.05) is 13.6 Å². The normalized spacial score (nSPS) is 13.6. The summed E-state index contributed by atoms with van der Waals surface area (Å²) in [6, 6.07) is 13.8. The molecule has 1 atom stereocenters. The molecule has 21 heavy (non-hydrogen) atoms. The third-order valence-electron chi connectivity index (χ3n) is 3.75. The van der Waals surface area contributed by atoms with E-state index < -0.39 is 6.10 Å². The van der Waals surface area contributed by atoms with E-state index in [0.29, 0.717) is 0 Å². The molecule has 1 N–H and O–H groups in total. The van der Waals surface area contributed by atoms with E-state index in [9.17, 15) is 5.11 Å². The Morgan fingerprint density at radius 1 is 1.14 bits per heavy atom. The van der Waals surface area contributed by atoms with Gasteiger partial charge in [-0.3, -0.25) is 4.90 Å². The molecule has 2 rings (SSSR count). The molecule has 0 fully saturated rings. The number of nitrogens with zero attached hydrogens (tertiary/aromatic N) is 1. The van der Waals surface area contributed by atoms with Gasteiger partial charge in [-0.2, -0.15) is 0 Å². The molecule has 1 heterocycles. The van der Waals surface area contributed by atoms with Gasteiger partial charge in [0.2, 0.25) is 0 Å². The molecule has 2 aromatic rings. The molecule has 0 bridgehead atoms. The molecule has 0 amide bonds.